The second kappa shape index (κ2) is 5.17. The first kappa shape index (κ1) is 8.57. The van der Waals surface area contributed by atoms with Gasteiger partial charge in [-0.25, -0.2) is 0 Å². The van der Waals surface area contributed by atoms with Gasteiger partial charge in [-0.05, 0) is 0 Å². The summed E-state index contributed by atoms with van der Waals surface area (Å²) in [6, 6.07) is 10.7. The van der Waals surface area contributed by atoms with E-state index in [1.165, 1.54) is 9.78 Å². The van der Waals surface area contributed by atoms with Crippen LogP contribution in [0, 0.1) is 0 Å². The number of hydrogen-bond acceptors (Lipinski definition) is 0. The van der Waals surface area contributed by atoms with Gasteiger partial charge in [0.25, 0.3) is 0 Å². The molecule has 1 heteroatoms. The Balaban J connectivity index is 2.39. The molecule has 0 aliphatic heterocycles. The van der Waals surface area contributed by atoms with E-state index >= 15 is 0 Å². The van der Waals surface area contributed by atoms with Crippen LogP contribution in [-0.4, -0.2) is 15.0 Å². The van der Waals surface area contributed by atoms with Crippen LogP contribution in [0.25, 0.3) is 0 Å². The molecule has 0 aromatic heterocycles. The van der Waals surface area contributed by atoms with Gasteiger partial charge in [0, 0.05) is 0 Å². The minimum absolute atomic E-state index is 0.633. The van der Waals surface area contributed by atoms with E-state index in [-0.39, 0.29) is 0 Å². The monoisotopic (exact) mass is 212 g/mol. The van der Waals surface area contributed by atoms with Gasteiger partial charge in [0.2, 0.25) is 0 Å². The van der Waals surface area contributed by atoms with Gasteiger partial charge in [-0.2, -0.15) is 0 Å². The molecule has 0 fully saturated rings. The second-order valence-corrected chi connectivity index (χ2v) is 4.49. The number of hydrogen-bond donors (Lipinski definition) is 0. The first-order valence-electron chi connectivity index (χ1n) is 3.72. The van der Waals surface area contributed by atoms with Gasteiger partial charge in [0.15, 0.2) is 0 Å². The van der Waals surface area contributed by atoms with E-state index in [1.807, 2.05) is 0 Å². The molecule has 0 heterocycles. The van der Waals surface area contributed by atoms with Crippen LogP contribution in [0.3, 0.4) is 0 Å². The van der Waals surface area contributed by atoms with Crippen molar-refractivity contribution in [3.63, 3.8) is 0 Å². The Morgan fingerprint density at radius 2 is 2.00 bits per heavy atom. The summed E-state index contributed by atoms with van der Waals surface area (Å²) < 4.78 is 1.48. The Bertz CT molecular complexity index is 214. The fourth-order valence-electron chi connectivity index (χ4n) is 0.757. The summed E-state index contributed by atoms with van der Waals surface area (Å²) in [7, 11) is 0. The van der Waals surface area contributed by atoms with E-state index in [9.17, 15) is 0 Å². The van der Waals surface area contributed by atoms with E-state index in [1.54, 1.807) is 0 Å². The van der Waals surface area contributed by atoms with E-state index in [2.05, 4.69) is 49.4 Å². The molecule has 0 amide bonds. The average Bonchev–Trinajstić information content (AvgIpc) is 2.07. The molecule has 0 spiro atoms. The zero-order valence-corrected chi connectivity index (χ0v) is 8.37. The molecule has 0 radical (unpaired) electrons. The number of allylic oxidation sites excluding steroid dienone is 2. The van der Waals surface area contributed by atoms with Gasteiger partial charge < -0.3 is 0 Å². The van der Waals surface area contributed by atoms with Crippen molar-refractivity contribution in [1.82, 2.24) is 0 Å². The quantitative estimate of drug-likeness (QED) is 0.530. The molecule has 0 nitrogen and oxygen atoms in total. The molecular weight excluding hydrogens is 199 g/mol. The Labute approximate surface area is 74.5 Å². The fourth-order valence-corrected chi connectivity index (χ4v) is 2.50. The summed E-state index contributed by atoms with van der Waals surface area (Å²) in [5.41, 5.74) is 0. The molecular formula is C10H12Se. The summed E-state index contributed by atoms with van der Waals surface area (Å²) in [6.07, 6.45) is 4.34. The summed E-state index contributed by atoms with van der Waals surface area (Å²) >= 11 is 0.633. The third-order valence-corrected chi connectivity index (χ3v) is 3.35. The van der Waals surface area contributed by atoms with Crippen molar-refractivity contribution in [2.45, 2.75) is 12.2 Å². The van der Waals surface area contributed by atoms with Crippen molar-refractivity contribution in [2.75, 3.05) is 0 Å². The topological polar surface area (TPSA) is 0 Å². The van der Waals surface area contributed by atoms with Gasteiger partial charge >= 0.3 is 74.1 Å². The van der Waals surface area contributed by atoms with Crippen LogP contribution >= 0.6 is 0 Å². The molecule has 58 valence electrons. The molecule has 1 aromatic carbocycles. The van der Waals surface area contributed by atoms with E-state index in [4.69, 9.17) is 0 Å². The molecule has 0 bridgehead atoms. The van der Waals surface area contributed by atoms with E-state index in [0.717, 1.165) is 0 Å². The third kappa shape index (κ3) is 3.41. The molecule has 1 rings (SSSR count). The van der Waals surface area contributed by atoms with Crippen molar-refractivity contribution in [1.29, 1.82) is 0 Å². The van der Waals surface area contributed by atoms with Crippen LogP contribution in [0.15, 0.2) is 42.5 Å². The van der Waals surface area contributed by atoms with Crippen molar-refractivity contribution in [2.24, 2.45) is 0 Å². The molecule has 0 atom stereocenters. The van der Waals surface area contributed by atoms with Gasteiger partial charge in [-0.15, -0.1) is 0 Å². The summed E-state index contributed by atoms with van der Waals surface area (Å²) in [5, 5.41) is 1.22. The molecule has 11 heavy (non-hydrogen) atoms. The van der Waals surface area contributed by atoms with Crippen LogP contribution in [0.1, 0.15) is 6.92 Å². The summed E-state index contributed by atoms with van der Waals surface area (Å²) in [6.45, 7) is 2.07. The minimum atomic E-state index is 0.633. The fraction of sp³-hybridized carbons (Fsp3) is 0.200. The Hall–Kier alpha value is -0.521. The van der Waals surface area contributed by atoms with Crippen molar-refractivity contribution < 1.29 is 0 Å². The van der Waals surface area contributed by atoms with Gasteiger partial charge in [-0.1, -0.05) is 0 Å². The van der Waals surface area contributed by atoms with E-state index in [0.29, 0.717) is 15.0 Å². The molecule has 0 aliphatic rings. The number of rotatable bonds is 3. The summed E-state index contributed by atoms with van der Waals surface area (Å²) in [5.74, 6) is 0. The Kier molecular flexibility index (Phi) is 4.03. The Morgan fingerprint density at radius 1 is 1.27 bits per heavy atom. The molecule has 0 saturated carbocycles. The van der Waals surface area contributed by atoms with Gasteiger partial charge in [-0.3, -0.25) is 0 Å². The average molecular weight is 211 g/mol. The standard InChI is InChI=1S/C10H12Se/c1-2-3-9-11-10-7-5-4-6-8-10/h2-8H,9H2,1H3/b3-2-. The molecule has 0 unspecified atom stereocenters. The second-order valence-electron chi connectivity index (χ2n) is 2.19. The van der Waals surface area contributed by atoms with E-state index < -0.39 is 0 Å². The van der Waals surface area contributed by atoms with Crippen LogP contribution in [0.2, 0.25) is 5.32 Å². The molecule has 0 saturated heterocycles. The maximum atomic E-state index is 2.23. The zero-order chi connectivity index (χ0) is 7.94. The van der Waals surface area contributed by atoms with Crippen LogP contribution < -0.4 is 4.46 Å². The Morgan fingerprint density at radius 3 is 2.64 bits per heavy atom. The first-order chi connectivity index (χ1) is 5.43. The maximum absolute atomic E-state index is 2.23. The first-order valence-corrected chi connectivity index (χ1v) is 5.79. The van der Waals surface area contributed by atoms with Crippen molar-refractivity contribution >= 4 is 19.4 Å². The zero-order valence-electron chi connectivity index (χ0n) is 6.66. The normalized spacial score (nSPS) is 10.6. The van der Waals surface area contributed by atoms with Crippen molar-refractivity contribution in [3.05, 3.63) is 42.5 Å². The third-order valence-electron chi connectivity index (χ3n) is 1.33. The summed E-state index contributed by atoms with van der Waals surface area (Å²) in [4.78, 5) is 0. The molecule has 0 aliphatic carbocycles. The molecule has 0 N–H and O–H groups in total. The van der Waals surface area contributed by atoms with Crippen LogP contribution in [0.5, 0.6) is 0 Å². The van der Waals surface area contributed by atoms with Crippen LogP contribution in [-0.2, 0) is 0 Å². The van der Waals surface area contributed by atoms with Crippen LogP contribution in [0.4, 0.5) is 0 Å². The van der Waals surface area contributed by atoms with Crippen molar-refractivity contribution in [3.8, 4) is 0 Å². The van der Waals surface area contributed by atoms with Gasteiger partial charge in [0.05, 0.1) is 0 Å². The SMILES string of the molecule is C/C=C\C[Se]c1ccccc1. The van der Waals surface area contributed by atoms with Gasteiger partial charge in [0.1, 0.15) is 0 Å². The molecule has 1 aromatic rings. The number of benzene rings is 1. The predicted octanol–water partition coefficient (Wildman–Crippen LogP) is 2.01. The predicted molar refractivity (Wildman–Crippen MR) is 51.5 cm³/mol.